The van der Waals surface area contributed by atoms with Gasteiger partial charge in [-0.15, -0.1) is 11.3 Å². The van der Waals surface area contributed by atoms with Gasteiger partial charge in [-0.25, -0.2) is 4.98 Å². The number of ether oxygens (including phenoxy) is 1. The molecule has 3 rings (SSSR count). The van der Waals surface area contributed by atoms with Gasteiger partial charge in [-0.05, 0) is 30.7 Å². The average molecular weight is 335 g/mol. The number of nitrogens with one attached hydrogen (secondary N) is 1. The second kappa shape index (κ2) is 6.80. The van der Waals surface area contributed by atoms with Gasteiger partial charge < -0.3 is 10.1 Å². The van der Waals surface area contributed by atoms with E-state index in [2.05, 4.69) is 17.2 Å². The molecule has 2 aromatic heterocycles. The molecule has 23 heavy (non-hydrogen) atoms. The third kappa shape index (κ3) is 3.30. The molecule has 2 heterocycles. The number of hydrogen-bond acceptors (Lipinski definition) is 5. The van der Waals surface area contributed by atoms with Crippen molar-refractivity contribution in [1.29, 1.82) is 0 Å². The highest BCUT2D eigenvalue weighted by Gasteiger charge is 2.23. The van der Waals surface area contributed by atoms with Crippen molar-refractivity contribution in [2.75, 3.05) is 20.3 Å². The fraction of sp³-hybridized carbons (Fsp3) is 0.562. The van der Waals surface area contributed by atoms with E-state index in [-0.39, 0.29) is 18.0 Å². The molecule has 2 aromatic rings. The number of aryl methyl sites for hydroxylation is 1. The van der Waals surface area contributed by atoms with Crippen LogP contribution < -0.4 is 10.9 Å². The molecule has 1 atom stereocenters. The van der Waals surface area contributed by atoms with Gasteiger partial charge in [0.25, 0.3) is 5.56 Å². The van der Waals surface area contributed by atoms with E-state index in [9.17, 15) is 9.59 Å². The molecule has 1 N–H and O–H groups in total. The van der Waals surface area contributed by atoms with E-state index in [1.807, 2.05) is 0 Å². The number of rotatable bonds is 5. The second-order valence-electron chi connectivity index (χ2n) is 6.05. The zero-order valence-corrected chi connectivity index (χ0v) is 14.2. The van der Waals surface area contributed by atoms with Crippen LogP contribution in [0, 0.1) is 5.92 Å². The van der Waals surface area contributed by atoms with Crippen LogP contribution in [-0.2, 0) is 28.9 Å². The normalized spacial score (nSPS) is 17.2. The number of methoxy groups -OCH3 is 1. The van der Waals surface area contributed by atoms with Crippen LogP contribution in [-0.4, -0.2) is 35.7 Å². The quantitative estimate of drug-likeness (QED) is 0.837. The smallest absolute Gasteiger partial charge is 0.262 e. The molecule has 124 valence electrons. The Kier molecular flexibility index (Phi) is 4.77. The topological polar surface area (TPSA) is 73.2 Å². The first-order valence-corrected chi connectivity index (χ1v) is 8.67. The molecule has 0 unspecified atom stereocenters. The molecule has 0 spiro atoms. The summed E-state index contributed by atoms with van der Waals surface area (Å²) in [4.78, 5) is 31.1. The molecule has 0 radical (unpaired) electrons. The standard InChI is InChI=1S/C16H21N3O3S/c1-10-3-4-11-12(7-10)23-15-14(11)16(21)19(9-18-15)8-13(20)17-5-6-22-2/h9-10H,3-8H2,1-2H3,(H,17,20)/t10-/m0/s1. The van der Waals surface area contributed by atoms with Crippen LogP contribution in [0.1, 0.15) is 23.8 Å². The maximum absolute atomic E-state index is 12.7. The predicted molar refractivity (Wildman–Crippen MR) is 90.0 cm³/mol. The van der Waals surface area contributed by atoms with Crippen LogP contribution in [0.3, 0.4) is 0 Å². The Morgan fingerprint density at radius 2 is 2.39 bits per heavy atom. The number of fused-ring (bicyclic) bond motifs is 3. The van der Waals surface area contributed by atoms with Crippen LogP contribution >= 0.6 is 11.3 Å². The van der Waals surface area contributed by atoms with Crippen molar-refractivity contribution >= 4 is 27.5 Å². The Morgan fingerprint density at radius 1 is 1.57 bits per heavy atom. The fourth-order valence-electron chi connectivity index (χ4n) is 2.98. The van der Waals surface area contributed by atoms with Gasteiger partial charge >= 0.3 is 0 Å². The van der Waals surface area contributed by atoms with Gasteiger partial charge in [0.05, 0.1) is 18.3 Å². The number of nitrogens with zero attached hydrogens (tertiary/aromatic N) is 2. The minimum absolute atomic E-state index is 0.00743. The van der Waals surface area contributed by atoms with Crippen molar-refractivity contribution < 1.29 is 9.53 Å². The Hall–Kier alpha value is -1.73. The largest absolute Gasteiger partial charge is 0.383 e. The minimum Gasteiger partial charge on any atom is -0.383 e. The van der Waals surface area contributed by atoms with Gasteiger partial charge in [0.15, 0.2) is 0 Å². The maximum Gasteiger partial charge on any atom is 0.262 e. The first-order chi connectivity index (χ1) is 11.1. The number of thiophene rings is 1. The summed E-state index contributed by atoms with van der Waals surface area (Å²) in [6.45, 7) is 3.12. The van der Waals surface area contributed by atoms with Crippen LogP contribution in [0.15, 0.2) is 11.1 Å². The lowest BCUT2D eigenvalue weighted by atomic mass is 9.89. The molecule has 7 heteroatoms. The van der Waals surface area contributed by atoms with Gasteiger partial charge in [0.2, 0.25) is 5.91 Å². The Bertz CT molecular complexity index is 781. The molecule has 0 saturated carbocycles. The fourth-order valence-corrected chi connectivity index (χ4v) is 4.32. The number of aromatic nitrogens is 2. The zero-order chi connectivity index (χ0) is 16.4. The number of amides is 1. The zero-order valence-electron chi connectivity index (χ0n) is 13.4. The summed E-state index contributed by atoms with van der Waals surface area (Å²) in [7, 11) is 1.58. The first kappa shape index (κ1) is 16.1. The molecule has 0 aromatic carbocycles. The van der Waals surface area contributed by atoms with Crippen molar-refractivity contribution in [2.24, 2.45) is 5.92 Å². The highest BCUT2D eigenvalue weighted by molar-refractivity contribution is 7.18. The summed E-state index contributed by atoms with van der Waals surface area (Å²) >= 11 is 1.62. The van der Waals surface area contributed by atoms with E-state index in [0.29, 0.717) is 24.5 Å². The van der Waals surface area contributed by atoms with Crippen molar-refractivity contribution in [2.45, 2.75) is 32.7 Å². The van der Waals surface area contributed by atoms with E-state index < -0.39 is 0 Å². The molecule has 1 aliphatic carbocycles. The van der Waals surface area contributed by atoms with Crippen molar-refractivity contribution in [1.82, 2.24) is 14.9 Å². The van der Waals surface area contributed by atoms with E-state index in [0.717, 1.165) is 29.7 Å². The van der Waals surface area contributed by atoms with E-state index in [4.69, 9.17) is 4.74 Å². The number of carbonyl (C=O) groups is 1. The molecule has 0 saturated heterocycles. The molecule has 0 aliphatic heterocycles. The van der Waals surface area contributed by atoms with Gasteiger partial charge in [-0.3, -0.25) is 14.2 Å². The summed E-state index contributed by atoms with van der Waals surface area (Å²) in [5.74, 6) is 0.451. The third-order valence-electron chi connectivity index (χ3n) is 4.22. The summed E-state index contributed by atoms with van der Waals surface area (Å²) in [5.41, 5.74) is 1.04. The van der Waals surface area contributed by atoms with Crippen molar-refractivity contribution in [3.8, 4) is 0 Å². The molecule has 6 nitrogen and oxygen atoms in total. The summed E-state index contributed by atoms with van der Waals surface area (Å²) in [5, 5.41) is 3.43. The lowest BCUT2D eigenvalue weighted by molar-refractivity contribution is -0.121. The Morgan fingerprint density at radius 3 is 3.17 bits per heavy atom. The Balaban J connectivity index is 1.87. The molecular formula is C16H21N3O3S. The molecule has 0 fully saturated rings. The monoisotopic (exact) mass is 335 g/mol. The van der Waals surface area contributed by atoms with E-state index in [1.165, 1.54) is 15.8 Å². The number of carbonyl (C=O) groups excluding carboxylic acids is 1. The average Bonchev–Trinajstić information content (AvgIpc) is 2.88. The molecule has 1 amide bonds. The van der Waals surface area contributed by atoms with Gasteiger partial charge in [0, 0.05) is 18.5 Å². The summed E-state index contributed by atoms with van der Waals surface area (Å²) in [6, 6.07) is 0. The molecular weight excluding hydrogens is 314 g/mol. The Labute approximate surface area is 138 Å². The maximum atomic E-state index is 12.7. The summed E-state index contributed by atoms with van der Waals surface area (Å²) in [6.07, 6.45) is 4.53. The minimum atomic E-state index is -0.206. The van der Waals surface area contributed by atoms with E-state index >= 15 is 0 Å². The first-order valence-electron chi connectivity index (χ1n) is 7.85. The highest BCUT2D eigenvalue weighted by atomic mass is 32.1. The van der Waals surface area contributed by atoms with Gasteiger partial charge in [0.1, 0.15) is 11.4 Å². The highest BCUT2D eigenvalue weighted by Crippen LogP contribution is 2.35. The molecule has 0 bridgehead atoms. The number of hydrogen-bond donors (Lipinski definition) is 1. The predicted octanol–water partition coefficient (Wildman–Crippen LogP) is 1.35. The van der Waals surface area contributed by atoms with Crippen LogP contribution in [0.25, 0.3) is 10.2 Å². The van der Waals surface area contributed by atoms with Crippen molar-refractivity contribution in [3.05, 3.63) is 27.1 Å². The lowest BCUT2D eigenvalue weighted by Gasteiger charge is -2.17. The van der Waals surface area contributed by atoms with Crippen LogP contribution in [0.4, 0.5) is 0 Å². The lowest BCUT2D eigenvalue weighted by Crippen LogP contribution is -2.34. The van der Waals surface area contributed by atoms with Crippen molar-refractivity contribution in [3.63, 3.8) is 0 Å². The second-order valence-corrected chi connectivity index (χ2v) is 7.14. The SMILES string of the molecule is COCCNC(=O)Cn1cnc2sc3c(c2c1=O)CC[C@H](C)C3. The summed E-state index contributed by atoms with van der Waals surface area (Å²) < 4.78 is 6.29. The van der Waals surface area contributed by atoms with E-state index in [1.54, 1.807) is 18.4 Å². The molecule has 1 aliphatic rings. The van der Waals surface area contributed by atoms with Gasteiger partial charge in [-0.2, -0.15) is 0 Å². The third-order valence-corrected chi connectivity index (χ3v) is 5.39. The van der Waals surface area contributed by atoms with Crippen LogP contribution in [0.2, 0.25) is 0 Å². The van der Waals surface area contributed by atoms with Gasteiger partial charge in [-0.1, -0.05) is 6.92 Å². The van der Waals surface area contributed by atoms with Crippen LogP contribution in [0.5, 0.6) is 0 Å².